The molecular formula is C16H32N2O. The lowest BCUT2D eigenvalue weighted by atomic mass is 9.82. The van der Waals surface area contributed by atoms with Gasteiger partial charge in [0.05, 0.1) is 6.04 Å². The van der Waals surface area contributed by atoms with Gasteiger partial charge in [0.15, 0.2) is 0 Å². The number of likely N-dealkylation sites (N-methyl/N-ethyl adjacent to an activating group) is 1. The third-order valence-corrected chi connectivity index (χ3v) is 4.57. The van der Waals surface area contributed by atoms with E-state index in [0.717, 1.165) is 25.4 Å². The summed E-state index contributed by atoms with van der Waals surface area (Å²) in [5, 5.41) is 3.59. The van der Waals surface area contributed by atoms with Crippen LogP contribution in [0.3, 0.4) is 0 Å². The van der Waals surface area contributed by atoms with E-state index in [2.05, 4.69) is 12.2 Å². The first kappa shape index (κ1) is 16.5. The summed E-state index contributed by atoms with van der Waals surface area (Å²) < 4.78 is 0. The Balaban J connectivity index is 2.51. The predicted octanol–water partition coefficient (Wildman–Crippen LogP) is 3.19. The average molecular weight is 268 g/mol. The van der Waals surface area contributed by atoms with E-state index in [9.17, 15) is 4.79 Å². The monoisotopic (exact) mass is 268 g/mol. The molecule has 0 bridgehead atoms. The second-order valence-electron chi connectivity index (χ2n) is 5.81. The smallest absolute Gasteiger partial charge is 0.239 e. The molecule has 2 unspecified atom stereocenters. The van der Waals surface area contributed by atoms with Crippen molar-refractivity contribution in [2.24, 2.45) is 5.92 Å². The topological polar surface area (TPSA) is 32.3 Å². The first-order chi connectivity index (χ1) is 9.13. The van der Waals surface area contributed by atoms with Crippen LogP contribution in [0.2, 0.25) is 0 Å². The molecule has 1 amide bonds. The van der Waals surface area contributed by atoms with Crippen molar-refractivity contribution in [2.45, 2.75) is 78.3 Å². The van der Waals surface area contributed by atoms with Crippen LogP contribution < -0.4 is 5.32 Å². The van der Waals surface area contributed by atoms with Gasteiger partial charge >= 0.3 is 0 Å². The molecule has 0 aromatic heterocycles. The van der Waals surface area contributed by atoms with Crippen molar-refractivity contribution in [3.63, 3.8) is 0 Å². The van der Waals surface area contributed by atoms with Crippen LogP contribution in [-0.2, 0) is 4.79 Å². The van der Waals surface area contributed by atoms with Crippen LogP contribution in [0.15, 0.2) is 0 Å². The molecule has 0 aromatic rings. The van der Waals surface area contributed by atoms with Crippen LogP contribution >= 0.6 is 0 Å². The first-order valence-corrected chi connectivity index (χ1v) is 8.18. The van der Waals surface area contributed by atoms with E-state index >= 15 is 0 Å². The fraction of sp³-hybridized carbons (Fsp3) is 0.938. The van der Waals surface area contributed by atoms with Gasteiger partial charge in [-0.1, -0.05) is 26.2 Å². The molecule has 0 aromatic carbocycles. The Morgan fingerprint density at radius 1 is 1.16 bits per heavy atom. The zero-order valence-electron chi connectivity index (χ0n) is 13.2. The molecule has 3 nitrogen and oxygen atoms in total. The Morgan fingerprint density at radius 3 is 2.21 bits per heavy atom. The van der Waals surface area contributed by atoms with Crippen molar-refractivity contribution in [2.75, 3.05) is 13.1 Å². The van der Waals surface area contributed by atoms with Crippen LogP contribution in [0.4, 0.5) is 0 Å². The van der Waals surface area contributed by atoms with Gasteiger partial charge in [-0.25, -0.2) is 0 Å². The zero-order chi connectivity index (χ0) is 14.3. The highest BCUT2D eigenvalue weighted by molar-refractivity contribution is 5.81. The molecule has 0 aliphatic heterocycles. The van der Waals surface area contributed by atoms with Crippen molar-refractivity contribution >= 4 is 5.91 Å². The molecule has 0 heterocycles. The van der Waals surface area contributed by atoms with Gasteiger partial charge < -0.3 is 10.2 Å². The molecule has 0 radical (unpaired) electrons. The van der Waals surface area contributed by atoms with E-state index < -0.39 is 0 Å². The first-order valence-electron chi connectivity index (χ1n) is 8.18. The Morgan fingerprint density at radius 2 is 1.74 bits per heavy atom. The highest BCUT2D eigenvalue weighted by Crippen LogP contribution is 2.27. The summed E-state index contributed by atoms with van der Waals surface area (Å²) in [6.07, 6.45) is 7.90. The summed E-state index contributed by atoms with van der Waals surface area (Å²) in [7, 11) is 0. The number of carbonyl (C=O) groups is 1. The summed E-state index contributed by atoms with van der Waals surface area (Å²) in [5.74, 6) is 1.02. The fourth-order valence-electron chi connectivity index (χ4n) is 3.33. The zero-order valence-corrected chi connectivity index (χ0v) is 13.2. The van der Waals surface area contributed by atoms with E-state index in [4.69, 9.17) is 0 Å². The SMILES string of the molecule is CCC(NC(C)C(=O)N(CC)CC)C1CCCCC1. The van der Waals surface area contributed by atoms with Crippen LogP contribution in [0.5, 0.6) is 0 Å². The van der Waals surface area contributed by atoms with Crippen LogP contribution in [0.25, 0.3) is 0 Å². The van der Waals surface area contributed by atoms with Crippen molar-refractivity contribution in [3.8, 4) is 0 Å². The van der Waals surface area contributed by atoms with E-state index in [-0.39, 0.29) is 11.9 Å². The van der Waals surface area contributed by atoms with Crippen molar-refractivity contribution in [1.82, 2.24) is 10.2 Å². The molecule has 1 aliphatic carbocycles. The third kappa shape index (κ3) is 4.79. The summed E-state index contributed by atoms with van der Waals surface area (Å²) in [4.78, 5) is 14.2. The van der Waals surface area contributed by atoms with Crippen LogP contribution in [0.1, 0.15) is 66.2 Å². The van der Waals surface area contributed by atoms with Crippen LogP contribution in [0, 0.1) is 5.92 Å². The number of hydrogen-bond donors (Lipinski definition) is 1. The van der Waals surface area contributed by atoms with E-state index in [1.807, 2.05) is 25.7 Å². The number of nitrogens with zero attached hydrogens (tertiary/aromatic N) is 1. The van der Waals surface area contributed by atoms with Gasteiger partial charge in [0.2, 0.25) is 5.91 Å². The van der Waals surface area contributed by atoms with Crippen molar-refractivity contribution in [1.29, 1.82) is 0 Å². The van der Waals surface area contributed by atoms with Crippen LogP contribution in [-0.4, -0.2) is 36.0 Å². The number of hydrogen-bond acceptors (Lipinski definition) is 2. The number of rotatable bonds is 7. The minimum absolute atomic E-state index is 0.0493. The minimum atomic E-state index is -0.0493. The molecule has 112 valence electrons. The van der Waals surface area contributed by atoms with Crippen molar-refractivity contribution in [3.05, 3.63) is 0 Å². The van der Waals surface area contributed by atoms with Gasteiger partial charge in [0, 0.05) is 19.1 Å². The van der Waals surface area contributed by atoms with E-state index in [1.165, 1.54) is 32.1 Å². The highest BCUT2D eigenvalue weighted by atomic mass is 16.2. The quantitative estimate of drug-likeness (QED) is 0.769. The Bertz CT molecular complexity index is 257. The number of carbonyl (C=O) groups excluding carboxylic acids is 1. The average Bonchev–Trinajstić information content (AvgIpc) is 2.46. The highest BCUT2D eigenvalue weighted by Gasteiger charge is 2.26. The normalized spacial score (nSPS) is 20.0. The molecule has 1 rings (SSSR count). The molecule has 19 heavy (non-hydrogen) atoms. The Kier molecular flexibility index (Phi) is 7.44. The molecule has 1 aliphatic rings. The maximum atomic E-state index is 12.3. The predicted molar refractivity (Wildman–Crippen MR) is 81.2 cm³/mol. The van der Waals surface area contributed by atoms with Gasteiger partial charge in [-0.05, 0) is 46.0 Å². The summed E-state index contributed by atoms with van der Waals surface area (Å²) in [6.45, 7) is 9.97. The minimum Gasteiger partial charge on any atom is -0.342 e. The molecule has 1 N–H and O–H groups in total. The molecule has 0 spiro atoms. The summed E-state index contributed by atoms with van der Waals surface area (Å²) in [5.41, 5.74) is 0. The van der Waals surface area contributed by atoms with Crippen molar-refractivity contribution < 1.29 is 4.79 Å². The van der Waals surface area contributed by atoms with Gasteiger partial charge in [0.25, 0.3) is 0 Å². The van der Waals surface area contributed by atoms with Gasteiger partial charge in [-0.15, -0.1) is 0 Å². The lowest BCUT2D eigenvalue weighted by Crippen LogP contribution is -2.50. The lowest BCUT2D eigenvalue weighted by Gasteiger charge is -2.33. The standard InChI is InChI=1S/C16H32N2O/c1-5-15(14-11-9-8-10-12-14)17-13(4)16(19)18(6-2)7-3/h13-15,17H,5-12H2,1-4H3. The lowest BCUT2D eigenvalue weighted by molar-refractivity contribution is -0.133. The van der Waals surface area contributed by atoms with Gasteiger partial charge in [0.1, 0.15) is 0 Å². The number of nitrogens with one attached hydrogen (secondary N) is 1. The van der Waals surface area contributed by atoms with E-state index in [0.29, 0.717) is 6.04 Å². The molecular weight excluding hydrogens is 236 g/mol. The number of amides is 1. The third-order valence-electron chi connectivity index (χ3n) is 4.57. The maximum absolute atomic E-state index is 12.3. The molecule has 1 saturated carbocycles. The Labute approximate surface area is 119 Å². The van der Waals surface area contributed by atoms with E-state index in [1.54, 1.807) is 0 Å². The Hall–Kier alpha value is -0.570. The molecule has 2 atom stereocenters. The second-order valence-corrected chi connectivity index (χ2v) is 5.81. The fourth-order valence-corrected chi connectivity index (χ4v) is 3.33. The van der Waals surface area contributed by atoms with Gasteiger partial charge in [-0.2, -0.15) is 0 Å². The second kappa shape index (κ2) is 8.57. The molecule has 3 heteroatoms. The summed E-state index contributed by atoms with van der Waals surface area (Å²) in [6, 6.07) is 0.460. The molecule has 0 saturated heterocycles. The van der Waals surface area contributed by atoms with Gasteiger partial charge in [-0.3, -0.25) is 4.79 Å². The summed E-state index contributed by atoms with van der Waals surface area (Å²) >= 11 is 0. The maximum Gasteiger partial charge on any atom is 0.239 e. The molecule has 1 fully saturated rings. The largest absolute Gasteiger partial charge is 0.342 e.